The van der Waals surface area contributed by atoms with Gasteiger partial charge in [-0.1, -0.05) is 109 Å². The average molecular weight is 551 g/mol. The van der Waals surface area contributed by atoms with E-state index >= 15 is 0 Å². The van der Waals surface area contributed by atoms with Gasteiger partial charge in [0.25, 0.3) is 0 Å². The van der Waals surface area contributed by atoms with Crippen molar-refractivity contribution in [2.75, 3.05) is 0 Å². The first-order chi connectivity index (χ1) is 21.2. The monoisotopic (exact) mass is 550 g/mol. The molecule has 0 spiro atoms. The molecule has 2 heterocycles. The zero-order valence-electron chi connectivity index (χ0n) is 24.1. The summed E-state index contributed by atoms with van der Waals surface area (Å²) in [5, 5.41) is 5.13. The van der Waals surface area contributed by atoms with E-state index in [1.54, 1.807) is 0 Å². The van der Waals surface area contributed by atoms with E-state index in [0.717, 1.165) is 40.9 Å². The van der Waals surface area contributed by atoms with Gasteiger partial charge in [-0.05, 0) is 98.5 Å². The van der Waals surface area contributed by atoms with Crippen LogP contribution in [0.1, 0.15) is 23.2 Å². The van der Waals surface area contributed by atoms with Gasteiger partial charge in [0.2, 0.25) is 0 Å². The second-order valence-corrected chi connectivity index (χ2v) is 11.4. The highest BCUT2D eigenvalue weighted by Gasteiger charge is 2.17. The number of pyridine rings is 2. The smallest absolute Gasteiger partial charge is 0.0717 e. The van der Waals surface area contributed by atoms with Gasteiger partial charge in [0.15, 0.2) is 0 Å². The number of nitrogens with zero attached hydrogens (tertiary/aromatic N) is 2. The van der Waals surface area contributed by atoms with Gasteiger partial charge in [-0.25, -0.2) is 0 Å². The minimum Gasteiger partial charge on any atom is -0.261 e. The number of aryl methyl sites for hydroxylation is 2. The fourth-order valence-electron chi connectivity index (χ4n) is 6.52. The molecule has 0 bridgehead atoms. The maximum atomic E-state index is 4.74. The van der Waals surface area contributed by atoms with Crippen molar-refractivity contribution in [1.82, 2.24) is 9.97 Å². The van der Waals surface area contributed by atoms with E-state index in [1.165, 1.54) is 54.9 Å². The molecule has 0 unspecified atom stereocenters. The highest BCUT2D eigenvalue weighted by atomic mass is 14.7. The van der Waals surface area contributed by atoms with Crippen molar-refractivity contribution in [2.45, 2.75) is 19.8 Å². The number of hydrogen-bond acceptors (Lipinski definition) is 2. The largest absolute Gasteiger partial charge is 0.261 e. The molecule has 2 heteroatoms. The number of rotatable bonds is 4. The predicted molar refractivity (Wildman–Crippen MR) is 181 cm³/mol. The molecule has 0 aliphatic heterocycles. The molecule has 204 valence electrons. The van der Waals surface area contributed by atoms with E-state index in [-0.39, 0.29) is 0 Å². The summed E-state index contributed by atoms with van der Waals surface area (Å²) in [5.41, 5.74) is 13.1. The molecule has 2 nitrogen and oxygen atoms in total. The maximum Gasteiger partial charge on any atom is 0.0717 e. The van der Waals surface area contributed by atoms with E-state index in [9.17, 15) is 0 Å². The molecule has 5 aromatic carbocycles. The van der Waals surface area contributed by atoms with Crippen LogP contribution in [-0.2, 0) is 6.42 Å². The molecule has 1 aliphatic carbocycles. The third-order valence-electron chi connectivity index (χ3n) is 8.72. The summed E-state index contributed by atoms with van der Waals surface area (Å²) in [6.45, 7) is 2.00. The van der Waals surface area contributed by atoms with Gasteiger partial charge in [-0.3, -0.25) is 9.97 Å². The van der Waals surface area contributed by atoms with Crippen molar-refractivity contribution in [3.63, 3.8) is 0 Å². The molecule has 43 heavy (non-hydrogen) atoms. The Hall–Kier alpha value is -5.34. The summed E-state index contributed by atoms with van der Waals surface area (Å²) in [4.78, 5) is 9.15. The topological polar surface area (TPSA) is 25.8 Å². The van der Waals surface area contributed by atoms with E-state index < -0.39 is 0 Å². The number of fused-ring (bicyclic) bond motifs is 3. The molecule has 0 N–H and O–H groups in total. The average Bonchev–Trinajstić information content (AvgIpc) is 3.07. The second-order valence-electron chi connectivity index (χ2n) is 11.4. The van der Waals surface area contributed by atoms with Crippen LogP contribution in [0.5, 0.6) is 0 Å². The van der Waals surface area contributed by atoms with Gasteiger partial charge in [-0.2, -0.15) is 0 Å². The van der Waals surface area contributed by atoms with Crippen LogP contribution in [-0.4, -0.2) is 9.97 Å². The van der Waals surface area contributed by atoms with Gasteiger partial charge in [0, 0.05) is 29.2 Å². The zero-order valence-corrected chi connectivity index (χ0v) is 24.1. The third kappa shape index (κ3) is 4.52. The van der Waals surface area contributed by atoms with Crippen LogP contribution in [0.25, 0.3) is 72.3 Å². The van der Waals surface area contributed by atoms with Crippen LogP contribution in [0.4, 0.5) is 0 Å². The van der Waals surface area contributed by atoms with Crippen LogP contribution in [0.2, 0.25) is 0 Å². The van der Waals surface area contributed by atoms with Gasteiger partial charge < -0.3 is 0 Å². The summed E-state index contributed by atoms with van der Waals surface area (Å²) >= 11 is 0. The quantitative estimate of drug-likeness (QED) is 0.204. The molecule has 0 radical (unpaired) electrons. The molecule has 1 aliphatic rings. The van der Waals surface area contributed by atoms with Crippen LogP contribution in [0.15, 0.2) is 134 Å². The highest BCUT2D eigenvalue weighted by Crippen LogP contribution is 2.44. The number of benzene rings is 5. The number of allylic oxidation sites excluding steroid dienone is 1. The second kappa shape index (κ2) is 10.5. The molecular formula is C41H30N2. The fraction of sp³-hybridized carbons (Fsp3) is 0.0732. The minimum absolute atomic E-state index is 0.932. The molecule has 7 aromatic rings. The molecule has 0 atom stereocenters. The highest BCUT2D eigenvalue weighted by molar-refractivity contribution is 6.21. The molecule has 0 fully saturated rings. The Morgan fingerprint density at radius 1 is 0.512 bits per heavy atom. The van der Waals surface area contributed by atoms with E-state index in [1.807, 2.05) is 25.4 Å². The predicted octanol–water partition coefficient (Wildman–Crippen LogP) is 10.7. The molecule has 2 aromatic heterocycles. The normalized spacial score (nSPS) is 12.5. The Morgan fingerprint density at radius 3 is 1.72 bits per heavy atom. The number of hydrogen-bond donors (Lipinski definition) is 0. The summed E-state index contributed by atoms with van der Waals surface area (Å²) in [5.74, 6) is 0. The van der Waals surface area contributed by atoms with Gasteiger partial charge >= 0.3 is 0 Å². The SMILES string of the molecule is Cc1ccc(-c2ccc(-c3ccc(-c4c5ccccc5c(-c5ccc6c(c5)CCC=C6)c5ccccc45)cc3)cn2)cn1. The fourth-order valence-corrected chi connectivity index (χ4v) is 6.52. The van der Waals surface area contributed by atoms with Crippen LogP contribution >= 0.6 is 0 Å². The summed E-state index contributed by atoms with van der Waals surface area (Å²) in [6.07, 6.45) is 10.6. The van der Waals surface area contributed by atoms with E-state index in [0.29, 0.717) is 0 Å². The van der Waals surface area contributed by atoms with Crippen molar-refractivity contribution in [3.8, 4) is 44.6 Å². The van der Waals surface area contributed by atoms with Crippen molar-refractivity contribution in [3.05, 3.63) is 151 Å². The molecule has 0 saturated carbocycles. The Bertz CT molecular complexity index is 2100. The Labute approximate surface area is 252 Å². The van der Waals surface area contributed by atoms with Crippen LogP contribution in [0.3, 0.4) is 0 Å². The molecule has 8 rings (SSSR count). The van der Waals surface area contributed by atoms with Gasteiger partial charge in [0.05, 0.1) is 5.69 Å². The lowest BCUT2D eigenvalue weighted by molar-refractivity contribution is 0.986. The first-order valence-electron chi connectivity index (χ1n) is 15.0. The van der Waals surface area contributed by atoms with Crippen molar-refractivity contribution in [2.24, 2.45) is 0 Å². The molecule has 0 saturated heterocycles. The number of aromatic nitrogens is 2. The Kier molecular flexibility index (Phi) is 6.19. The van der Waals surface area contributed by atoms with Gasteiger partial charge in [0.1, 0.15) is 0 Å². The lowest BCUT2D eigenvalue weighted by Gasteiger charge is -2.19. The van der Waals surface area contributed by atoms with Crippen LogP contribution < -0.4 is 0 Å². The van der Waals surface area contributed by atoms with Crippen molar-refractivity contribution in [1.29, 1.82) is 0 Å². The zero-order chi connectivity index (χ0) is 28.8. The van der Waals surface area contributed by atoms with E-state index in [4.69, 9.17) is 4.98 Å². The van der Waals surface area contributed by atoms with Crippen molar-refractivity contribution < 1.29 is 0 Å². The molecule has 0 amide bonds. The Morgan fingerprint density at radius 2 is 1.09 bits per heavy atom. The maximum absolute atomic E-state index is 4.74. The summed E-state index contributed by atoms with van der Waals surface area (Å²) in [7, 11) is 0. The van der Waals surface area contributed by atoms with E-state index in [2.05, 4.69) is 126 Å². The summed E-state index contributed by atoms with van der Waals surface area (Å²) in [6, 6.07) is 42.0. The first kappa shape index (κ1) is 25.4. The van der Waals surface area contributed by atoms with Gasteiger partial charge in [-0.15, -0.1) is 0 Å². The third-order valence-corrected chi connectivity index (χ3v) is 8.72. The first-order valence-corrected chi connectivity index (χ1v) is 15.0. The lowest BCUT2D eigenvalue weighted by atomic mass is 9.84. The van der Waals surface area contributed by atoms with Crippen molar-refractivity contribution >= 4 is 27.6 Å². The lowest BCUT2D eigenvalue weighted by Crippen LogP contribution is -1.96. The van der Waals surface area contributed by atoms with Crippen LogP contribution in [0, 0.1) is 6.92 Å². The Balaban J connectivity index is 1.23. The standard InChI is InChI=1S/C41H30N2/c1-27-14-15-34(26-42-27)39-23-22-33(25-43-39)29-16-19-30(20-17-29)40-35-10-4-6-12-37(35)41(38-13-7-5-11-36(38)40)32-21-18-28-8-2-3-9-31(28)24-32/h2,4-8,10-26H,3,9H2,1H3. The minimum atomic E-state index is 0.932. The molecular weight excluding hydrogens is 520 g/mol. The summed E-state index contributed by atoms with van der Waals surface area (Å²) < 4.78 is 0.